The third kappa shape index (κ3) is 5.58. The van der Waals surface area contributed by atoms with Crippen LogP contribution >= 0.6 is 0 Å². The number of ether oxygens (including phenoxy) is 1. The molecule has 2 fully saturated rings. The Kier molecular flexibility index (Phi) is 7.77. The van der Waals surface area contributed by atoms with Gasteiger partial charge in [0.2, 0.25) is 11.8 Å². The second-order valence-corrected chi connectivity index (χ2v) is 10.8. The van der Waals surface area contributed by atoms with Crippen LogP contribution in [0.25, 0.3) is 11.2 Å². The van der Waals surface area contributed by atoms with Gasteiger partial charge >= 0.3 is 0 Å². The Labute approximate surface area is 236 Å². The molecule has 41 heavy (non-hydrogen) atoms. The van der Waals surface area contributed by atoms with E-state index >= 15 is 0 Å². The number of hydrogen-bond donors (Lipinski definition) is 6. The van der Waals surface area contributed by atoms with E-state index in [9.17, 15) is 15.3 Å². The fraction of sp³-hybridized carbons (Fsp3) is 0.538. The molecule has 0 unspecified atom stereocenters. The van der Waals surface area contributed by atoms with Gasteiger partial charge < -0.3 is 36.0 Å². The van der Waals surface area contributed by atoms with Gasteiger partial charge in [0.15, 0.2) is 29.3 Å². The molecule has 0 aliphatic carbocycles. The predicted molar refractivity (Wildman–Crippen MR) is 148 cm³/mol. The molecule has 0 radical (unpaired) electrons. The van der Waals surface area contributed by atoms with E-state index in [1.807, 2.05) is 44.2 Å². The molecule has 15 nitrogen and oxygen atoms in total. The lowest BCUT2D eigenvalue weighted by atomic mass is 10.1. The summed E-state index contributed by atoms with van der Waals surface area (Å²) in [4.78, 5) is 15.4. The molecule has 0 bridgehead atoms. The Morgan fingerprint density at radius 2 is 1.98 bits per heavy atom. The summed E-state index contributed by atoms with van der Waals surface area (Å²) in [6.07, 6.45) is -1.64. The van der Waals surface area contributed by atoms with Crippen molar-refractivity contribution in [2.24, 2.45) is 0 Å². The van der Waals surface area contributed by atoms with Gasteiger partial charge in [0.25, 0.3) is 0 Å². The van der Waals surface area contributed by atoms with Crippen LogP contribution in [0.5, 0.6) is 0 Å². The Bertz CT molecular complexity index is 1460. The van der Waals surface area contributed by atoms with Crippen molar-refractivity contribution in [1.29, 1.82) is 0 Å². The topological polar surface area (TPSA) is 193 Å². The van der Waals surface area contributed by atoms with Crippen molar-refractivity contribution in [3.63, 3.8) is 0 Å². The fourth-order valence-corrected chi connectivity index (χ4v) is 5.15. The van der Waals surface area contributed by atoms with Crippen LogP contribution in [0.3, 0.4) is 0 Å². The van der Waals surface area contributed by atoms with E-state index in [0.717, 1.165) is 25.1 Å². The summed E-state index contributed by atoms with van der Waals surface area (Å²) >= 11 is 0. The van der Waals surface area contributed by atoms with E-state index in [1.54, 1.807) is 4.57 Å². The minimum absolute atomic E-state index is 0.0265. The smallest absolute Gasteiger partial charge is 0.227 e. The second-order valence-electron chi connectivity index (χ2n) is 10.8. The number of fused-ring (bicyclic) bond motifs is 1. The number of imidazole rings is 1. The average Bonchev–Trinajstić information content (AvgIpc) is 3.78. The maximum Gasteiger partial charge on any atom is 0.227 e. The Morgan fingerprint density at radius 1 is 1.15 bits per heavy atom. The number of benzene rings is 1. The summed E-state index contributed by atoms with van der Waals surface area (Å²) in [6, 6.07) is 9.65. The molecule has 218 valence electrons. The molecule has 5 heterocycles. The van der Waals surface area contributed by atoms with Crippen molar-refractivity contribution >= 4 is 22.9 Å². The molecule has 6 atom stereocenters. The molecule has 6 N–H and O–H groups in total. The first-order valence-corrected chi connectivity index (χ1v) is 13.9. The molecule has 1 aromatic carbocycles. The van der Waals surface area contributed by atoms with Gasteiger partial charge in [-0.2, -0.15) is 14.8 Å². The van der Waals surface area contributed by atoms with E-state index < -0.39 is 24.5 Å². The Morgan fingerprint density at radius 3 is 2.68 bits per heavy atom. The summed E-state index contributed by atoms with van der Waals surface area (Å²) in [7, 11) is 0. The van der Waals surface area contributed by atoms with Crippen LogP contribution in [0.2, 0.25) is 0 Å². The van der Waals surface area contributed by atoms with Crippen LogP contribution in [0, 0.1) is 0 Å². The second kappa shape index (κ2) is 11.6. The lowest BCUT2D eigenvalue weighted by molar-refractivity contribution is -0.0384. The van der Waals surface area contributed by atoms with Crippen LogP contribution in [0.4, 0.5) is 11.8 Å². The first kappa shape index (κ1) is 27.4. The molecule has 2 aliphatic heterocycles. The molecule has 2 saturated heterocycles. The van der Waals surface area contributed by atoms with Gasteiger partial charge in [0.05, 0.1) is 25.0 Å². The number of aromatic nitrogens is 8. The highest BCUT2D eigenvalue weighted by Gasteiger charge is 2.47. The van der Waals surface area contributed by atoms with E-state index in [4.69, 9.17) is 14.7 Å². The molecular formula is C26H35N11O4. The zero-order valence-electron chi connectivity index (χ0n) is 22.9. The van der Waals surface area contributed by atoms with E-state index in [2.05, 4.69) is 36.3 Å². The van der Waals surface area contributed by atoms with E-state index in [-0.39, 0.29) is 30.6 Å². The van der Waals surface area contributed by atoms with Crippen LogP contribution < -0.4 is 16.0 Å². The van der Waals surface area contributed by atoms with Crippen molar-refractivity contribution in [3.8, 4) is 0 Å². The van der Waals surface area contributed by atoms with Crippen LogP contribution in [0.15, 0.2) is 36.7 Å². The maximum atomic E-state index is 11.0. The zero-order chi connectivity index (χ0) is 28.5. The van der Waals surface area contributed by atoms with Crippen molar-refractivity contribution < 1.29 is 20.1 Å². The molecule has 0 amide bonds. The number of anilines is 2. The van der Waals surface area contributed by atoms with Crippen LogP contribution in [-0.4, -0.2) is 99.0 Å². The number of aliphatic hydroxyl groups is 3. The third-order valence-corrected chi connectivity index (χ3v) is 7.37. The molecule has 2 aliphatic rings. The van der Waals surface area contributed by atoms with Gasteiger partial charge in [0, 0.05) is 12.6 Å². The van der Waals surface area contributed by atoms with Crippen molar-refractivity contribution in [1.82, 2.24) is 45.0 Å². The van der Waals surface area contributed by atoms with Gasteiger partial charge in [-0.25, -0.2) is 4.98 Å². The summed E-state index contributed by atoms with van der Waals surface area (Å²) in [5, 5.41) is 54.5. The SMILES string of the molecule is CC(C)n1nnc([C@H]2O[C@@H](n3cnc4c(N[C@H](CO)Cc5ccccc5)nc(N[C@H]5CCNC5)nc43)[C@H](O)[C@@H]2O)n1. The first-order valence-electron chi connectivity index (χ1n) is 13.9. The minimum Gasteiger partial charge on any atom is -0.394 e. The van der Waals surface area contributed by atoms with Gasteiger partial charge in [-0.15, -0.1) is 10.2 Å². The maximum absolute atomic E-state index is 11.0. The molecule has 4 aromatic rings. The monoisotopic (exact) mass is 565 g/mol. The Balaban J connectivity index is 1.33. The van der Waals surface area contributed by atoms with Gasteiger partial charge in [-0.1, -0.05) is 30.3 Å². The van der Waals surface area contributed by atoms with Crippen molar-refractivity contribution in [3.05, 3.63) is 48.0 Å². The molecule has 0 saturated carbocycles. The normalized spacial score (nSPS) is 25.3. The number of aliphatic hydroxyl groups excluding tert-OH is 3. The number of nitrogens with one attached hydrogen (secondary N) is 3. The largest absolute Gasteiger partial charge is 0.394 e. The van der Waals surface area contributed by atoms with Crippen molar-refractivity contribution in [2.75, 3.05) is 30.3 Å². The number of hydrogen-bond acceptors (Lipinski definition) is 13. The fourth-order valence-electron chi connectivity index (χ4n) is 5.15. The first-order chi connectivity index (χ1) is 19.9. The molecule has 0 spiro atoms. The summed E-state index contributed by atoms with van der Waals surface area (Å²) in [6.45, 7) is 5.36. The minimum atomic E-state index is -1.31. The lowest BCUT2D eigenvalue weighted by Crippen LogP contribution is -2.29. The highest BCUT2D eigenvalue weighted by atomic mass is 16.6. The number of rotatable bonds is 10. The van der Waals surface area contributed by atoms with E-state index in [0.29, 0.717) is 29.4 Å². The summed E-state index contributed by atoms with van der Waals surface area (Å²) in [5.41, 5.74) is 1.89. The summed E-state index contributed by atoms with van der Waals surface area (Å²) < 4.78 is 7.68. The van der Waals surface area contributed by atoms with Gasteiger partial charge in [0.1, 0.15) is 12.2 Å². The third-order valence-electron chi connectivity index (χ3n) is 7.37. The number of nitrogens with zero attached hydrogens (tertiary/aromatic N) is 8. The number of tetrazole rings is 1. The standard InChI is InChI=1S/C26H35N11O4/c1-14(2)37-34-23(33-35-37)21-19(39)20(40)25(41-21)36-13-28-18-22(29-17(12-38)10-15-6-4-3-5-7-15)31-26(32-24(18)36)30-16-8-9-27-11-16/h3-7,13-14,16-17,19-21,25,27,38-40H,8-12H2,1-2H3,(H2,29,30,31,32)/t16-,17-,19-,20+,21-,25+/m0/s1. The zero-order valence-corrected chi connectivity index (χ0v) is 22.9. The Hall–Kier alpha value is -3.76. The van der Waals surface area contributed by atoms with Crippen LogP contribution in [-0.2, 0) is 11.2 Å². The highest BCUT2D eigenvalue weighted by molar-refractivity contribution is 5.84. The van der Waals surface area contributed by atoms with Gasteiger partial charge in [-0.3, -0.25) is 4.57 Å². The molecule has 15 heteroatoms. The van der Waals surface area contributed by atoms with E-state index in [1.165, 1.54) is 11.1 Å². The lowest BCUT2D eigenvalue weighted by Gasteiger charge is -2.20. The average molecular weight is 566 g/mol. The quantitative estimate of drug-likeness (QED) is 0.153. The van der Waals surface area contributed by atoms with Gasteiger partial charge in [-0.05, 0) is 44.0 Å². The molecule has 3 aromatic heterocycles. The van der Waals surface area contributed by atoms with Crippen molar-refractivity contribution in [2.45, 2.75) is 69.4 Å². The summed E-state index contributed by atoms with van der Waals surface area (Å²) in [5.74, 6) is 0.984. The highest BCUT2D eigenvalue weighted by Crippen LogP contribution is 2.39. The molecule has 6 rings (SSSR count). The molecular weight excluding hydrogens is 530 g/mol. The van der Waals surface area contributed by atoms with Crippen LogP contribution in [0.1, 0.15) is 50.0 Å². The predicted octanol–water partition coefficient (Wildman–Crippen LogP) is 0.175.